The van der Waals surface area contributed by atoms with Crippen LogP contribution in [-0.2, 0) is 18.6 Å². The van der Waals surface area contributed by atoms with Crippen molar-refractivity contribution < 1.29 is 27.0 Å². The highest BCUT2D eigenvalue weighted by molar-refractivity contribution is 7.47. The molecule has 0 heterocycles. The van der Waals surface area contributed by atoms with Crippen LogP contribution in [0, 0.1) is 0 Å². The molecule has 0 rings (SSSR count). The number of hydrogen-bond acceptors (Lipinski definition) is 4. The van der Waals surface area contributed by atoms with Crippen LogP contribution < -0.4 is 0 Å². The van der Waals surface area contributed by atoms with Crippen molar-refractivity contribution >= 4 is 7.99 Å². The van der Waals surface area contributed by atoms with Crippen LogP contribution in [0.3, 0.4) is 0 Å². The summed E-state index contributed by atoms with van der Waals surface area (Å²) >= 11 is 0. The molecule has 0 aliphatic heterocycles. The molecule has 0 spiro atoms. The lowest BCUT2D eigenvalue weighted by Gasteiger charge is -2.27. The molecule has 0 aromatic rings. The molecule has 0 fully saturated rings. The van der Waals surface area contributed by atoms with Crippen LogP contribution in [0.5, 0.6) is 0 Å². The van der Waals surface area contributed by atoms with Crippen molar-refractivity contribution in [3.8, 4) is 0 Å². The van der Waals surface area contributed by atoms with E-state index in [1.54, 1.807) is 27.7 Å². The van der Waals surface area contributed by atoms with Crippen LogP contribution in [0.15, 0.2) is 25.3 Å². The number of ether oxygens (including phenoxy) is 2. The molecule has 0 unspecified atom stereocenters. The highest BCUT2D eigenvalue weighted by atomic mass is 31.2. The number of hydrogen-bond donors (Lipinski definition) is 0. The Balaban J connectivity index is 4.62. The van der Waals surface area contributed by atoms with Crippen molar-refractivity contribution in [1.82, 2.24) is 0 Å². The first-order chi connectivity index (χ1) is 8.91. The van der Waals surface area contributed by atoms with E-state index in [1.807, 2.05) is 0 Å². The summed E-state index contributed by atoms with van der Waals surface area (Å²) < 4.78 is 50.6. The first-order valence-electron chi connectivity index (χ1n) is 6.13. The van der Waals surface area contributed by atoms with Gasteiger partial charge in [-0.25, -0.2) is 4.57 Å². The van der Waals surface area contributed by atoms with E-state index < -0.39 is 25.3 Å². The van der Waals surface area contributed by atoms with Crippen molar-refractivity contribution in [3.63, 3.8) is 0 Å². The summed E-state index contributed by atoms with van der Waals surface area (Å²) in [7, 11) is -5.61. The molecule has 0 aromatic carbocycles. The summed E-state index contributed by atoms with van der Waals surface area (Å²) in [6.45, 7) is 13.6. The molecule has 20 heavy (non-hydrogen) atoms. The average Bonchev–Trinajstić information content (AvgIpc) is 2.31. The molecule has 118 valence electrons. The van der Waals surface area contributed by atoms with Crippen LogP contribution >= 0.6 is 7.99 Å². The van der Waals surface area contributed by atoms with Crippen molar-refractivity contribution in [3.05, 3.63) is 25.3 Å². The van der Waals surface area contributed by atoms with E-state index in [0.717, 1.165) is 0 Å². The third-order valence-corrected chi connectivity index (χ3v) is 3.08. The molecule has 0 saturated carbocycles. The van der Waals surface area contributed by atoms with E-state index >= 15 is 0 Å². The second-order valence-electron chi connectivity index (χ2n) is 5.38. The van der Waals surface area contributed by atoms with E-state index in [-0.39, 0.29) is 13.2 Å². The Morgan fingerprint density at radius 1 is 1.05 bits per heavy atom. The van der Waals surface area contributed by atoms with Crippen molar-refractivity contribution in [2.24, 2.45) is 0 Å². The summed E-state index contributed by atoms with van der Waals surface area (Å²) in [4.78, 5) is 0. The molecule has 0 atom stereocenters. The normalized spacial score (nSPS) is 13.6. The van der Waals surface area contributed by atoms with Gasteiger partial charge in [0.15, 0.2) is 0 Å². The van der Waals surface area contributed by atoms with Gasteiger partial charge in [-0.05, 0) is 27.7 Å². The molecule has 0 saturated heterocycles. The summed E-state index contributed by atoms with van der Waals surface area (Å²) in [6.07, 6.45) is 1.92. The van der Waals surface area contributed by atoms with E-state index in [2.05, 4.69) is 17.7 Å². The summed E-state index contributed by atoms with van der Waals surface area (Å²) in [5, 5.41) is 0. The molecule has 7 heteroatoms. The third-order valence-electron chi connectivity index (χ3n) is 2.54. The standard InChI is InChI=1S/C13H23F2O4P/c1-7-12(3,4)17-9-11(19-20(14,15)16)10-18-13(5,6)8-2/h7-8,11H,1-2,9-10H2,3-6H3. The largest absolute Gasteiger partial charge is 0.552 e. The summed E-state index contributed by atoms with van der Waals surface area (Å²) in [5.74, 6) is 0. The maximum Gasteiger partial charge on any atom is 0.552 e. The van der Waals surface area contributed by atoms with Gasteiger partial charge in [0.25, 0.3) is 0 Å². The molecule has 0 aliphatic rings. The lowest BCUT2D eigenvalue weighted by atomic mass is 10.1. The Bertz CT molecular complexity index is 353. The molecule has 0 aromatic heterocycles. The van der Waals surface area contributed by atoms with Crippen molar-refractivity contribution in [1.29, 1.82) is 0 Å². The first kappa shape index (κ1) is 19.4. The van der Waals surface area contributed by atoms with Gasteiger partial charge in [-0.15, -0.1) is 21.6 Å². The Morgan fingerprint density at radius 3 is 1.65 bits per heavy atom. The van der Waals surface area contributed by atoms with Crippen LogP contribution in [0.1, 0.15) is 27.7 Å². The predicted molar refractivity (Wildman–Crippen MR) is 75.2 cm³/mol. The van der Waals surface area contributed by atoms with E-state index in [4.69, 9.17) is 9.47 Å². The monoisotopic (exact) mass is 312 g/mol. The average molecular weight is 312 g/mol. The minimum absolute atomic E-state index is 0.190. The fourth-order valence-corrected chi connectivity index (χ4v) is 1.48. The minimum Gasteiger partial charge on any atom is -0.369 e. The zero-order valence-corrected chi connectivity index (χ0v) is 13.3. The second kappa shape index (κ2) is 7.46. The fourth-order valence-electron chi connectivity index (χ4n) is 1.02. The van der Waals surface area contributed by atoms with Gasteiger partial charge < -0.3 is 9.47 Å². The zero-order chi connectivity index (χ0) is 16.0. The van der Waals surface area contributed by atoms with Crippen molar-refractivity contribution in [2.45, 2.75) is 45.0 Å². The maximum absolute atomic E-state index is 12.6. The van der Waals surface area contributed by atoms with Gasteiger partial charge in [-0.3, -0.25) is 4.52 Å². The van der Waals surface area contributed by atoms with Gasteiger partial charge >= 0.3 is 7.99 Å². The quantitative estimate of drug-likeness (QED) is 0.443. The Morgan fingerprint density at radius 2 is 1.40 bits per heavy atom. The van der Waals surface area contributed by atoms with E-state index in [9.17, 15) is 13.0 Å². The van der Waals surface area contributed by atoms with E-state index in [1.165, 1.54) is 12.2 Å². The lowest BCUT2D eigenvalue weighted by Crippen LogP contribution is -2.34. The third kappa shape index (κ3) is 9.37. The van der Waals surface area contributed by atoms with Gasteiger partial charge in [-0.1, -0.05) is 12.2 Å². The molecule has 0 bridgehead atoms. The van der Waals surface area contributed by atoms with Gasteiger partial charge in [0.1, 0.15) is 6.10 Å². The minimum atomic E-state index is -5.61. The number of halogens is 2. The molecular weight excluding hydrogens is 289 g/mol. The topological polar surface area (TPSA) is 44.8 Å². The molecule has 0 aliphatic carbocycles. The van der Waals surface area contributed by atoms with Gasteiger partial charge in [0.2, 0.25) is 0 Å². The van der Waals surface area contributed by atoms with Crippen LogP contribution in [-0.4, -0.2) is 30.5 Å². The van der Waals surface area contributed by atoms with Crippen LogP contribution in [0.2, 0.25) is 0 Å². The second-order valence-corrected chi connectivity index (χ2v) is 6.42. The van der Waals surface area contributed by atoms with Crippen LogP contribution in [0.4, 0.5) is 8.39 Å². The maximum atomic E-state index is 12.6. The number of rotatable bonds is 10. The SMILES string of the molecule is C=CC(C)(C)OCC(COC(C)(C)C=C)OP(=O)(F)F. The smallest absolute Gasteiger partial charge is 0.369 e. The molecule has 0 radical (unpaired) electrons. The Kier molecular flexibility index (Phi) is 7.25. The Labute approximate surface area is 119 Å². The molecule has 0 N–H and O–H groups in total. The van der Waals surface area contributed by atoms with Crippen molar-refractivity contribution in [2.75, 3.05) is 13.2 Å². The summed E-state index contributed by atoms with van der Waals surface area (Å²) in [5.41, 5.74) is -1.40. The van der Waals surface area contributed by atoms with E-state index in [0.29, 0.717) is 0 Å². The molecular formula is C13H23F2O4P. The predicted octanol–water partition coefficient (Wildman–Crippen LogP) is 4.38. The summed E-state index contributed by atoms with van der Waals surface area (Å²) in [6, 6.07) is 0. The molecule has 0 amide bonds. The lowest BCUT2D eigenvalue weighted by molar-refractivity contribution is -0.0777. The van der Waals surface area contributed by atoms with Gasteiger partial charge in [0.05, 0.1) is 24.4 Å². The zero-order valence-electron chi connectivity index (χ0n) is 12.4. The highest BCUT2D eigenvalue weighted by Crippen LogP contribution is 2.51. The van der Waals surface area contributed by atoms with Crippen LogP contribution in [0.25, 0.3) is 0 Å². The fraction of sp³-hybridized carbons (Fsp3) is 0.692. The molecule has 4 nitrogen and oxygen atoms in total. The first-order valence-corrected chi connectivity index (χ1v) is 7.54. The van der Waals surface area contributed by atoms with Gasteiger partial charge in [-0.2, -0.15) is 0 Å². The Hall–Kier alpha value is -0.550. The highest BCUT2D eigenvalue weighted by Gasteiger charge is 2.30. The van der Waals surface area contributed by atoms with Gasteiger partial charge in [0, 0.05) is 0 Å².